The second-order valence-electron chi connectivity index (χ2n) is 5.06. The van der Waals surface area contributed by atoms with Gasteiger partial charge in [0.2, 0.25) is 5.91 Å². The van der Waals surface area contributed by atoms with E-state index < -0.39 is 22.6 Å². The molecule has 0 aliphatic heterocycles. The fourth-order valence-electron chi connectivity index (χ4n) is 2.14. The van der Waals surface area contributed by atoms with Crippen LogP contribution in [0.3, 0.4) is 0 Å². The van der Waals surface area contributed by atoms with Gasteiger partial charge in [0, 0.05) is 23.8 Å². The van der Waals surface area contributed by atoms with E-state index in [4.69, 9.17) is 0 Å². The van der Waals surface area contributed by atoms with Gasteiger partial charge < -0.3 is 5.32 Å². The number of hydrogen-bond acceptors (Lipinski definition) is 3. The predicted molar refractivity (Wildman–Crippen MR) is 79.7 cm³/mol. The summed E-state index contributed by atoms with van der Waals surface area (Å²) in [4.78, 5) is 22.0. The van der Waals surface area contributed by atoms with Crippen molar-refractivity contribution >= 4 is 11.6 Å². The van der Waals surface area contributed by atoms with E-state index in [1.165, 1.54) is 30.3 Å². The normalized spacial score (nSPS) is 11.8. The zero-order valence-corrected chi connectivity index (χ0v) is 12.3. The first-order chi connectivity index (χ1) is 10.9. The topological polar surface area (TPSA) is 72.2 Å². The van der Waals surface area contributed by atoms with E-state index in [0.29, 0.717) is 5.56 Å². The molecule has 0 fully saturated rings. The molecule has 1 atom stereocenters. The molecule has 0 aliphatic carbocycles. The van der Waals surface area contributed by atoms with Crippen LogP contribution in [0.2, 0.25) is 0 Å². The molecule has 0 spiro atoms. The van der Waals surface area contributed by atoms with Crippen LogP contribution in [0.5, 0.6) is 0 Å². The number of hydrogen-bond donors (Lipinski definition) is 1. The van der Waals surface area contributed by atoms with Gasteiger partial charge in [-0.2, -0.15) is 0 Å². The first-order valence-corrected chi connectivity index (χ1v) is 6.84. The lowest BCUT2D eigenvalue weighted by Gasteiger charge is -2.15. The van der Waals surface area contributed by atoms with E-state index in [-0.39, 0.29) is 23.6 Å². The van der Waals surface area contributed by atoms with Crippen LogP contribution in [-0.2, 0) is 11.2 Å². The van der Waals surface area contributed by atoms with E-state index in [0.717, 1.165) is 12.1 Å². The Morgan fingerprint density at radius 3 is 2.43 bits per heavy atom. The molecule has 120 valence electrons. The summed E-state index contributed by atoms with van der Waals surface area (Å²) < 4.78 is 26.5. The van der Waals surface area contributed by atoms with E-state index in [1.54, 1.807) is 6.92 Å². The van der Waals surface area contributed by atoms with Crippen molar-refractivity contribution < 1.29 is 18.5 Å². The zero-order chi connectivity index (χ0) is 17.0. The summed E-state index contributed by atoms with van der Waals surface area (Å²) in [6.45, 7) is 1.59. The number of nitro benzene ring substituents is 1. The van der Waals surface area contributed by atoms with Gasteiger partial charge in [0.05, 0.1) is 17.4 Å². The van der Waals surface area contributed by atoms with Gasteiger partial charge in [-0.05, 0) is 18.6 Å². The van der Waals surface area contributed by atoms with Crippen molar-refractivity contribution in [1.29, 1.82) is 0 Å². The third-order valence-corrected chi connectivity index (χ3v) is 3.32. The van der Waals surface area contributed by atoms with Crippen LogP contribution in [0.25, 0.3) is 0 Å². The number of rotatable bonds is 5. The molecule has 2 aromatic rings. The molecule has 5 nitrogen and oxygen atoms in total. The first kappa shape index (κ1) is 16.5. The monoisotopic (exact) mass is 320 g/mol. The summed E-state index contributed by atoms with van der Waals surface area (Å²) in [5.41, 5.74) is 0.722. The van der Waals surface area contributed by atoms with Gasteiger partial charge >= 0.3 is 0 Å². The van der Waals surface area contributed by atoms with Gasteiger partial charge in [-0.1, -0.05) is 18.2 Å². The minimum absolute atomic E-state index is 0.00511. The lowest BCUT2D eigenvalue weighted by molar-refractivity contribution is -0.384. The molecule has 0 saturated heterocycles. The third kappa shape index (κ3) is 4.32. The molecule has 1 amide bonds. The number of nitrogens with zero attached hydrogens (tertiary/aromatic N) is 1. The Kier molecular flexibility index (Phi) is 5.00. The third-order valence-electron chi connectivity index (χ3n) is 3.32. The second-order valence-corrected chi connectivity index (χ2v) is 5.06. The lowest BCUT2D eigenvalue weighted by atomic mass is 10.1. The first-order valence-electron chi connectivity index (χ1n) is 6.84. The van der Waals surface area contributed by atoms with Crippen molar-refractivity contribution in [2.24, 2.45) is 0 Å². The molecule has 0 radical (unpaired) electrons. The van der Waals surface area contributed by atoms with Crippen molar-refractivity contribution in [2.75, 3.05) is 0 Å². The standard InChI is InChI=1S/C16H14F2N2O3/c1-10(14-7-4-12(17)9-15(14)18)19-16(21)8-11-2-5-13(6-3-11)20(22)23/h2-7,9-10H,8H2,1H3,(H,19,21)/t10-/m1/s1. The maximum atomic E-state index is 13.6. The molecular weight excluding hydrogens is 306 g/mol. The summed E-state index contributed by atoms with van der Waals surface area (Å²) in [6.07, 6.45) is 0.00511. The Morgan fingerprint density at radius 2 is 1.87 bits per heavy atom. The summed E-state index contributed by atoms with van der Waals surface area (Å²) in [6, 6.07) is 8.13. The van der Waals surface area contributed by atoms with Crippen molar-refractivity contribution in [3.05, 3.63) is 75.3 Å². The number of carbonyl (C=O) groups excluding carboxylic acids is 1. The molecule has 0 heterocycles. The fourth-order valence-corrected chi connectivity index (χ4v) is 2.14. The maximum absolute atomic E-state index is 13.6. The summed E-state index contributed by atoms with van der Waals surface area (Å²) in [5, 5.41) is 13.2. The largest absolute Gasteiger partial charge is 0.349 e. The number of carbonyl (C=O) groups is 1. The quantitative estimate of drug-likeness (QED) is 0.678. The van der Waals surface area contributed by atoms with Crippen LogP contribution in [0.1, 0.15) is 24.1 Å². The van der Waals surface area contributed by atoms with Crippen LogP contribution >= 0.6 is 0 Å². The minimum Gasteiger partial charge on any atom is -0.349 e. The van der Waals surface area contributed by atoms with Crippen LogP contribution in [-0.4, -0.2) is 10.8 Å². The van der Waals surface area contributed by atoms with Gasteiger partial charge in [-0.25, -0.2) is 8.78 Å². The van der Waals surface area contributed by atoms with Gasteiger partial charge in [-0.15, -0.1) is 0 Å². The molecule has 7 heteroatoms. The van der Waals surface area contributed by atoms with E-state index in [2.05, 4.69) is 5.32 Å². The Bertz CT molecular complexity index is 733. The number of amides is 1. The highest BCUT2D eigenvalue weighted by Crippen LogP contribution is 2.18. The maximum Gasteiger partial charge on any atom is 0.269 e. The molecule has 0 saturated carbocycles. The molecular formula is C16H14F2N2O3. The number of nitrogens with one attached hydrogen (secondary N) is 1. The van der Waals surface area contributed by atoms with E-state index >= 15 is 0 Å². The molecule has 23 heavy (non-hydrogen) atoms. The Hall–Kier alpha value is -2.83. The zero-order valence-electron chi connectivity index (χ0n) is 12.3. The van der Waals surface area contributed by atoms with E-state index in [1.807, 2.05) is 0 Å². The average molecular weight is 320 g/mol. The molecule has 0 bridgehead atoms. The van der Waals surface area contributed by atoms with Gasteiger partial charge in [0.15, 0.2) is 0 Å². The summed E-state index contributed by atoms with van der Waals surface area (Å²) >= 11 is 0. The molecule has 0 aromatic heterocycles. The molecule has 0 unspecified atom stereocenters. The second kappa shape index (κ2) is 6.95. The number of nitro groups is 1. The Morgan fingerprint density at radius 1 is 1.22 bits per heavy atom. The van der Waals surface area contributed by atoms with Gasteiger partial charge in [-0.3, -0.25) is 14.9 Å². The smallest absolute Gasteiger partial charge is 0.269 e. The number of benzene rings is 2. The fraction of sp³-hybridized carbons (Fsp3) is 0.188. The van der Waals surface area contributed by atoms with Crippen molar-refractivity contribution in [1.82, 2.24) is 5.32 Å². The highest BCUT2D eigenvalue weighted by atomic mass is 19.1. The summed E-state index contributed by atoms with van der Waals surface area (Å²) in [7, 11) is 0. The SMILES string of the molecule is C[C@@H](NC(=O)Cc1ccc([N+](=O)[O-])cc1)c1ccc(F)cc1F. The van der Waals surface area contributed by atoms with Gasteiger partial charge in [0.1, 0.15) is 11.6 Å². The predicted octanol–water partition coefficient (Wildman–Crippen LogP) is 3.29. The molecule has 2 rings (SSSR count). The van der Waals surface area contributed by atoms with Crippen LogP contribution in [0, 0.1) is 21.7 Å². The molecule has 0 aliphatic rings. The number of halogens is 2. The Labute approximate surface area is 131 Å². The Balaban J connectivity index is 1.99. The lowest BCUT2D eigenvalue weighted by Crippen LogP contribution is -2.28. The van der Waals surface area contributed by atoms with Crippen LogP contribution in [0.15, 0.2) is 42.5 Å². The highest BCUT2D eigenvalue weighted by molar-refractivity contribution is 5.79. The van der Waals surface area contributed by atoms with Crippen molar-refractivity contribution in [3.8, 4) is 0 Å². The van der Waals surface area contributed by atoms with Gasteiger partial charge in [0.25, 0.3) is 5.69 Å². The highest BCUT2D eigenvalue weighted by Gasteiger charge is 2.15. The van der Waals surface area contributed by atoms with Crippen molar-refractivity contribution in [2.45, 2.75) is 19.4 Å². The number of non-ortho nitro benzene ring substituents is 1. The average Bonchev–Trinajstić information content (AvgIpc) is 2.47. The van der Waals surface area contributed by atoms with Crippen LogP contribution in [0.4, 0.5) is 14.5 Å². The molecule has 2 aromatic carbocycles. The van der Waals surface area contributed by atoms with Crippen LogP contribution < -0.4 is 5.32 Å². The molecule has 1 N–H and O–H groups in total. The van der Waals surface area contributed by atoms with Crippen molar-refractivity contribution in [3.63, 3.8) is 0 Å². The minimum atomic E-state index is -0.729. The van der Waals surface area contributed by atoms with E-state index in [9.17, 15) is 23.7 Å². The summed E-state index contributed by atoms with van der Waals surface area (Å²) in [5.74, 6) is -1.78.